The number of rotatable bonds is 1. The molecular formula is C16H16NOS+. The molecule has 0 amide bonds. The predicted octanol–water partition coefficient (Wildman–Crippen LogP) is 3.61. The van der Waals surface area contributed by atoms with Crippen LogP contribution in [-0.2, 0) is 0 Å². The maximum atomic E-state index is 12.5. The third-order valence-electron chi connectivity index (χ3n) is 3.34. The third kappa shape index (κ3) is 2.05. The lowest BCUT2D eigenvalue weighted by Gasteiger charge is -2.23. The fourth-order valence-corrected chi connectivity index (χ4v) is 3.31. The zero-order valence-corrected chi connectivity index (χ0v) is 12.1. The summed E-state index contributed by atoms with van der Waals surface area (Å²) in [5.41, 5.74) is 1.34. The molecule has 0 unspecified atom stereocenters. The van der Waals surface area contributed by atoms with Crippen LogP contribution in [0.3, 0.4) is 0 Å². The lowest BCUT2D eigenvalue weighted by atomic mass is 10.1. The summed E-state index contributed by atoms with van der Waals surface area (Å²) < 4.78 is 2.87. The quantitative estimate of drug-likeness (QED) is 0.487. The van der Waals surface area contributed by atoms with Crippen LogP contribution in [0.1, 0.15) is 0 Å². The van der Waals surface area contributed by atoms with Crippen LogP contribution in [0.5, 0.6) is 0 Å². The molecule has 2 nitrogen and oxygen atoms in total. The molecule has 2 aromatic carbocycles. The summed E-state index contributed by atoms with van der Waals surface area (Å²) in [4.78, 5) is 12.5. The first kappa shape index (κ1) is 12.3. The van der Waals surface area contributed by atoms with Crippen molar-refractivity contribution in [1.29, 1.82) is 0 Å². The second-order valence-corrected chi connectivity index (χ2v) is 6.70. The Morgan fingerprint density at radius 3 is 2.32 bits per heavy atom. The second kappa shape index (κ2) is 4.15. The first-order valence-corrected chi connectivity index (χ1v) is 7.06. The summed E-state index contributed by atoms with van der Waals surface area (Å²) >= 11 is 1.69. The predicted molar refractivity (Wildman–Crippen MR) is 85.2 cm³/mol. The molecule has 0 saturated carbocycles. The second-order valence-electron chi connectivity index (χ2n) is 5.62. The van der Waals surface area contributed by atoms with Gasteiger partial charge >= 0.3 is 0 Å². The molecule has 0 aliphatic rings. The average molecular weight is 270 g/mol. The molecular weight excluding hydrogens is 254 g/mol. The van der Waals surface area contributed by atoms with Gasteiger partial charge in [-0.2, -0.15) is 0 Å². The molecule has 0 spiro atoms. The summed E-state index contributed by atoms with van der Waals surface area (Å²) in [5.74, 6) is 0. The summed E-state index contributed by atoms with van der Waals surface area (Å²) in [5, 5.41) is 1.64. The highest BCUT2D eigenvalue weighted by atomic mass is 32.1. The summed E-state index contributed by atoms with van der Waals surface area (Å²) in [6, 6.07) is 14.0. The van der Waals surface area contributed by atoms with E-state index in [0.717, 1.165) is 24.7 Å². The maximum absolute atomic E-state index is 12.5. The first-order valence-electron chi connectivity index (χ1n) is 6.24. The molecule has 0 aliphatic heterocycles. The molecule has 19 heavy (non-hydrogen) atoms. The highest BCUT2D eigenvalue weighted by molar-refractivity contribution is 7.24. The minimum absolute atomic E-state index is 0.136. The van der Waals surface area contributed by atoms with E-state index in [4.69, 9.17) is 0 Å². The monoisotopic (exact) mass is 270 g/mol. The van der Waals surface area contributed by atoms with Crippen molar-refractivity contribution in [3.8, 4) is 0 Å². The van der Waals surface area contributed by atoms with Crippen LogP contribution in [-0.4, -0.2) is 21.1 Å². The number of hydrogen-bond donors (Lipinski definition) is 0. The van der Waals surface area contributed by atoms with Crippen LogP contribution < -0.4 is 9.91 Å². The Labute approximate surface area is 116 Å². The van der Waals surface area contributed by atoms with E-state index in [1.807, 2.05) is 36.4 Å². The van der Waals surface area contributed by atoms with Crippen LogP contribution in [0, 0.1) is 0 Å². The molecule has 0 atom stereocenters. The van der Waals surface area contributed by atoms with E-state index in [0.29, 0.717) is 0 Å². The maximum Gasteiger partial charge on any atom is 0.195 e. The largest absolute Gasteiger partial charge is 0.298 e. The van der Waals surface area contributed by atoms with Gasteiger partial charge in [0.25, 0.3) is 0 Å². The Hall–Kier alpha value is -1.71. The van der Waals surface area contributed by atoms with Crippen LogP contribution in [0.15, 0.2) is 47.3 Å². The van der Waals surface area contributed by atoms with E-state index in [1.54, 1.807) is 11.3 Å². The molecule has 96 valence electrons. The third-order valence-corrected chi connectivity index (χ3v) is 4.47. The van der Waals surface area contributed by atoms with E-state index in [2.05, 4.69) is 27.2 Å². The van der Waals surface area contributed by atoms with E-state index < -0.39 is 0 Å². The fourth-order valence-electron chi connectivity index (χ4n) is 2.21. The Morgan fingerprint density at radius 1 is 0.895 bits per heavy atom. The molecule has 0 radical (unpaired) electrons. The van der Waals surface area contributed by atoms with Gasteiger partial charge in [0.1, 0.15) is 5.69 Å². The molecule has 0 saturated heterocycles. The molecule has 0 aliphatic carbocycles. The van der Waals surface area contributed by atoms with Gasteiger partial charge in [0.2, 0.25) is 0 Å². The zero-order valence-electron chi connectivity index (χ0n) is 11.3. The van der Waals surface area contributed by atoms with Gasteiger partial charge < -0.3 is 0 Å². The normalized spacial score (nSPS) is 12.2. The Bertz CT molecular complexity index is 827. The first-order chi connectivity index (χ1) is 8.97. The van der Waals surface area contributed by atoms with Crippen LogP contribution in [0.25, 0.3) is 20.2 Å². The topological polar surface area (TPSA) is 17.1 Å². The van der Waals surface area contributed by atoms with Crippen molar-refractivity contribution in [3.63, 3.8) is 0 Å². The standard InChI is InChI=1S/C16H16NOS/c1-17(2,3)11-8-9-13-15(10-11)19-14-7-5-4-6-12(14)16(13)18/h4-10H,1-3H3/q+1. The van der Waals surface area contributed by atoms with E-state index in [9.17, 15) is 4.79 Å². The lowest BCUT2D eigenvalue weighted by Crippen LogP contribution is -2.34. The van der Waals surface area contributed by atoms with Crippen molar-refractivity contribution < 1.29 is 0 Å². The van der Waals surface area contributed by atoms with Crippen molar-refractivity contribution in [2.75, 3.05) is 21.1 Å². The minimum atomic E-state index is 0.136. The van der Waals surface area contributed by atoms with Crippen LogP contribution in [0.4, 0.5) is 5.69 Å². The molecule has 1 aromatic heterocycles. The van der Waals surface area contributed by atoms with E-state index in [1.165, 1.54) is 5.69 Å². The molecule has 1 heterocycles. The van der Waals surface area contributed by atoms with Crippen LogP contribution in [0.2, 0.25) is 0 Å². The summed E-state index contributed by atoms with van der Waals surface area (Å²) in [6.07, 6.45) is 0. The summed E-state index contributed by atoms with van der Waals surface area (Å²) in [7, 11) is 6.39. The van der Waals surface area contributed by atoms with Crippen molar-refractivity contribution in [2.24, 2.45) is 0 Å². The SMILES string of the molecule is C[N+](C)(C)c1ccc2c(=O)c3ccccc3sc2c1. The molecule has 0 fully saturated rings. The van der Waals surface area contributed by atoms with E-state index in [-0.39, 0.29) is 5.43 Å². The number of nitrogens with zero attached hydrogens (tertiary/aromatic N) is 1. The molecule has 3 heteroatoms. The van der Waals surface area contributed by atoms with Gasteiger partial charge in [-0.15, -0.1) is 11.3 Å². The van der Waals surface area contributed by atoms with E-state index >= 15 is 0 Å². The highest BCUT2D eigenvalue weighted by Gasteiger charge is 2.14. The number of hydrogen-bond acceptors (Lipinski definition) is 2. The van der Waals surface area contributed by atoms with Gasteiger partial charge in [0, 0.05) is 26.2 Å². The Balaban J connectivity index is 2.42. The Morgan fingerprint density at radius 2 is 1.58 bits per heavy atom. The molecule has 3 aromatic rings. The average Bonchev–Trinajstić information content (AvgIpc) is 2.37. The number of quaternary nitrogens is 1. The smallest absolute Gasteiger partial charge is 0.195 e. The fraction of sp³-hybridized carbons (Fsp3) is 0.188. The van der Waals surface area contributed by atoms with Gasteiger partial charge in [0.05, 0.1) is 21.1 Å². The van der Waals surface area contributed by atoms with Gasteiger partial charge in [-0.05, 0) is 24.3 Å². The molecule has 3 rings (SSSR count). The van der Waals surface area contributed by atoms with Gasteiger partial charge in [-0.3, -0.25) is 9.28 Å². The minimum Gasteiger partial charge on any atom is -0.298 e. The van der Waals surface area contributed by atoms with Gasteiger partial charge in [-0.25, -0.2) is 0 Å². The number of fused-ring (bicyclic) bond motifs is 2. The van der Waals surface area contributed by atoms with Crippen molar-refractivity contribution >= 4 is 37.2 Å². The van der Waals surface area contributed by atoms with Gasteiger partial charge in [0.15, 0.2) is 5.43 Å². The summed E-state index contributed by atoms with van der Waals surface area (Å²) in [6.45, 7) is 0. The lowest BCUT2D eigenvalue weighted by molar-refractivity contribution is 0.487. The molecule has 0 N–H and O–H groups in total. The molecule has 0 bridgehead atoms. The van der Waals surface area contributed by atoms with Crippen LogP contribution >= 0.6 is 11.3 Å². The van der Waals surface area contributed by atoms with Crippen molar-refractivity contribution in [1.82, 2.24) is 4.48 Å². The zero-order chi connectivity index (χ0) is 13.6. The highest BCUT2D eigenvalue weighted by Crippen LogP contribution is 2.28. The number of benzene rings is 2. The Kier molecular flexibility index (Phi) is 2.69. The van der Waals surface area contributed by atoms with Crippen molar-refractivity contribution in [3.05, 3.63) is 52.7 Å². The van der Waals surface area contributed by atoms with Gasteiger partial charge in [-0.1, -0.05) is 12.1 Å². The van der Waals surface area contributed by atoms with Crippen molar-refractivity contribution in [2.45, 2.75) is 0 Å².